The van der Waals surface area contributed by atoms with Crippen molar-refractivity contribution in [2.24, 2.45) is 5.92 Å². The summed E-state index contributed by atoms with van der Waals surface area (Å²) in [5.74, 6) is 0.276. The third kappa shape index (κ3) is 2.97. The van der Waals surface area contributed by atoms with Crippen molar-refractivity contribution in [2.45, 2.75) is 19.4 Å². The van der Waals surface area contributed by atoms with Gasteiger partial charge in [0, 0.05) is 12.8 Å². The molecule has 90 valence electrons. The molecule has 1 unspecified atom stereocenters. The first-order valence-electron chi connectivity index (χ1n) is 5.57. The molecule has 1 aromatic carbocycles. The lowest BCUT2D eigenvalue weighted by atomic mass is 9.87. The van der Waals surface area contributed by atoms with Gasteiger partial charge >= 0.3 is 0 Å². The topological polar surface area (TPSA) is 41.5 Å². The van der Waals surface area contributed by atoms with E-state index >= 15 is 0 Å². The van der Waals surface area contributed by atoms with Gasteiger partial charge in [-0.05, 0) is 18.1 Å². The smallest absolute Gasteiger partial charge is 0.0860 e. The summed E-state index contributed by atoms with van der Waals surface area (Å²) in [6.07, 6.45) is 0. The number of hydrogen-bond acceptors (Lipinski definition) is 3. The minimum atomic E-state index is -0.421. The lowest BCUT2D eigenvalue weighted by Gasteiger charge is -2.37. The maximum Gasteiger partial charge on any atom is 0.0860 e. The van der Waals surface area contributed by atoms with Crippen LogP contribution in [0, 0.1) is 5.92 Å². The Bertz CT molecular complexity index is 300. The Labute approximate surface area is 97.4 Å². The van der Waals surface area contributed by atoms with Gasteiger partial charge in [-0.15, -0.1) is 0 Å². The molecule has 0 aliphatic rings. The van der Waals surface area contributed by atoms with Crippen molar-refractivity contribution in [3.05, 3.63) is 30.3 Å². The fourth-order valence-electron chi connectivity index (χ4n) is 1.68. The molecule has 0 fully saturated rings. The van der Waals surface area contributed by atoms with Crippen molar-refractivity contribution < 1.29 is 9.84 Å². The zero-order valence-electron chi connectivity index (χ0n) is 10.2. The van der Waals surface area contributed by atoms with Crippen LogP contribution in [0.3, 0.4) is 0 Å². The molecule has 1 rings (SSSR count). The standard InChI is InChI=1S/C13H21NO2/c1-11(2)13(9-15,10-16-3)14-12-7-5-4-6-8-12/h4-8,11,14-15H,9-10H2,1-3H3. The van der Waals surface area contributed by atoms with Gasteiger partial charge in [-0.2, -0.15) is 0 Å². The normalized spacial score (nSPS) is 14.8. The third-order valence-corrected chi connectivity index (χ3v) is 2.96. The number of benzene rings is 1. The van der Waals surface area contributed by atoms with Crippen LogP contribution < -0.4 is 5.32 Å². The highest BCUT2D eigenvalue weighted by atomic mass is 16.5. The van der Waals surface area contributed by atoms with Crippen molar-refractivity contribution in [1.29, 1.82) is 0 Å². The first-order valence-corrected chi connectivity index (χ1v) is 5.57. The molecule has 3 heteroatoms. The first-order chi connectivity index (χ1) is 7.64. The van der Waals surface area contributed by atoms with E-state index in [1.54, 1.807) is 7.11 Å². The lowest BCUT2D eigenvalue weighted by molar-refractivity contribution is 0.0724. The zero-order chi connectivity index (χ0) is 12.0. The Kier molecular flexibility index (Phi) is 4.77. The summed E-state index contributed by atoms with van der Waals surface area (Å²) < 4.78 is 5.21. The minimum absolute atomic E-state index is 0.0490. The highest BCUT2D eigenvalue weighted by Crippen LogP contribution is 2.23. The van der Waals surface area contributed by atoms with Crippen LogP contribution in [0.15, 0.2) is 30.3 Å². The molecule has 1 aromatic rings. The molecule has 0 bridgehead atoms. The van der Waals surface area contributed by atoms with Crippen molar-refractivity contribution in [3.8, 4) is 0 Å². The highest BCUT2D eigenvalue weighted by Gasteiger charge is 2.33. The number of aliphatic hydroxyl groups excluding tert-OH is 1. The van der Waals surface area contributed by atoms with Crippen molar-refractivity contribution >= 4 is 5.69 Å². The number of anilines is 1. The molecule has 2 N–H and O–H groups in total. The first kappa shape index (κ1) is 13.0. The second kappa shape index (κ2) is 5.87. The molecule has 0 heterocycles. The average molecular weight is 223 g/mol. The van der Waals surface area contributed by atoms with E-state index in [4.69, 9.17) is 4.74 Å². The molecule has 0 saturated carbocycles. The number of para-hydroxylation sites is 1. The van der Waals surface area contributed by atoms with Crippen molar-refractivity contribution in [1.82, 2.24) is 0 Å². The van der Waals surface area contributed by atoms with E-state index in [1.165, 1.54) is 0 Å². The van der Waals surface area contributed by atoms with Crippen molar-refractivity contribution in [2.75, 3.05) is 25.6 Å². The zero-order valence-corrected chi connectivity index (χ0v) is 10.2. The maximum absolute atomic E-state index is 9.60. The van der Waals surface area contributed by atoms with Crippen LogP contribution in [0.1, 0.15) is 13.8 Å². The predicted octanol–water partition coefficient (Wildman–Crippen LogP) is 2.13. The second-order valence-corrected chi connectivity index (χ2v) is 4.39. The molecule has 0 spiro atoms. The van der Waals surface area contributed by atoms with E-state index in [9.17, 15) is 5.11 Å². The SMILES string of the molecule is COCC(CO)(Nc1ccccc1)C(C)C. The maximum atomic E-state index is 9.60. The molecule has 3 nitrogen and oxygen atoms in total. The molecular weight excluding hydrogens is 202 g/mol. The molecule has 0 aliphatic heterocycles. The van der Waals surface area contributed by atoms with Gasteiger partial charge in [-0.25, -0.2) is 0 Å². The van der Waals surface area contributed by atoms with E-state index in [0.29, 0.717) is 6.61 Å². The summed E-state index contributed by atoms with van der Waals surface area (Å²) >= 11 is 0. The molecular formula is C13H21NO2. The van der Waals surface area contributed by atoms with Gasteiger partial charge in [0.1, 0.15) is 0 Å². The van der Waals surface area contributed by atoms with Crippen LogP contribution in [0.4, 0.5) is 5.69 Å². The summed E-state index contributed by atoms with van der Waals surface area (Å²) in [7, 11) is 1.65. The molecule has 16 heavy (non-hydrogen) atoms. The third-order valence-electron chi connectivity index (χ3n) is 2.96. The van der Waals surface area contributed by atoms with Crippen LogP contribution in [-0.4, -0.2) is 31.0 Å². The Balaban J connectivity index is 2.85. The summed E-state index contributed by atoms with van der Waals surface area (Å²) in [5, 5.41) is 13.0. The molecule has 0 amide bonds. The van der Waals surface area contributed by atoms with Gasteiger partial charge < -0.3 is 15.2 Å². The van der Waals surface area contributed by atoms with E-state index in [0.717, 1.165) is 5.69 Å². The molecule has 0 radical (unpaired) electrons. The fourth-order valence-corrected chi connectivity index (χ4v) is 1.68. The van der Waals surface area contributed by atoms with E-state index in [2.05, 4.69) is 19.2 Å². The van der Waals surface area contributed by atoms with E-state index in [-0.39, 0.29) is 12.5 Å². The van der Waals surface area contributed by atoms with Crippen LogP contribution in [0.2, 0.25) is 0 Å². The summed E-state index contributed by atoms with van der Waals surface area (Å²) in [4.78, 5) is 0. The average Bonchev–Trinajstić information content (AvgIpc) is 2.29. The quantitative estimate of drug-likeness (QED) is 0.776. The lowest BCUT2D eigenvalue weighted by Crippen LogP contribution is -2.51. The number of nitrogens with one attached hydrogen (secondary N) is 1. The number of methoxy groups -OCH3 is 1. The largest absolute Gasteiger partial charge is 0.394 e. The Hall–Kier alpha value is -1.06. The second-order valence-electron chi connectivity index (χ2n) is 4.39. The number of ether oxygens (including phenoxy) is 1. The van der Waals surface area contributed by atoms with Gasteiger partial charge in [0.25, 0.3) is 0 Å². The molecule has 0 aromatic heterocycles. The Morgan fingerprint density at radius 2 is 1.94 bits per heavy atom. The number of aliphatic hydroxyl groups is 1. The fraction of sp³-hybridized carbons (Fsp3) is 0.538. The van der Waals surface area contributed by atoms with Gasteiger partial charge in [0.15, 0.2) is 0 Å². The van der Waals surface area contributed by atoms with Crippen LogP contribution >= 0.6 is 0 Å². The van der Waals surface area contributed by atoms with Gasteiger partial charge in [0.2, 0.25) is 0 Å². The van der Waals surface area contributed by atoms with Gasteiger partial charge in [-0.3, -0.25) is 0 Å². The molecule has 0 aliphatic carbocycles. The van der Waals surface area contributed by atoms with Crippen molar-refractivity contribution in [3.63, 3.8) is 0 Å². The summed E-state index contributed by atoms with van der Waals surface area (Å²) in [6, 6.07) is 9.89. The Morgan fingerprint density at radius 1 is 1.31 bits per heavy atom. The van der Waals surface area contributed by atoms with Crippen LogP contribution in [-0.2, 0) is 4.74 Å². The molecule has 1 atom stereocenters. The van der Waals surface area contributed by atoms with E-state index in [1.807, 2.05) is 30.3 Å². The van der Waals surface area contributed by atoms with Gasteiger partial charge in [-0.1, -0.05) is 32.0 Å². The highest BCUT2D eigenvalue weighted by molar-refractivity contribution is 5.45. The van der Waals surface area contributed by atoms with Crippen LogP contribution in [0.25, 0.3) is 0 Å². The van der Waals surface area contributed by atoms with E-state index < -0.39 is 5.54 Å². The monoisotopic (exact) mass is 223 g/mol. The molecule has 0 saturated heterocycles. The predicted molar refractivity (Wildman–Crippen MR) is 66.6 cm³/mol. The summed E-state index contributed by atoms with van der Waals surface area (Å²) in [6.45, 7) is 4.68. The Morgan fingerprint density at radius 3 is 2.38 bits per heavy atom. The number of rotatable bonds is 6. The number of hydrogen-bond donors (Lipinski definition) is 2. The summed E-state index contributed by atoms with van der Waals surface area (Å²) in [5.41, 5.74) is 0.582. The minimum Gasteiger partial charge on any atom is -0.394 e. The van der Waals surface area contributed by atoms with Gasteiger partial charge in [0.05, 0.1) is 18.8 Å². The van der Waals surface area contributed by atoms with Crippen LogP contribution in [0.5, 0.6) is 0 Å².